The van der Waals surface area contributed by atoms with E-state index >= 15 is 8.78 Å². The van der Waals surface area contributed by atoms with E-state index in [2.05, 4.69) is 89.2 Å². The van der Waals surface area contributed by atoms with Crippen molar-refractivity contribution in [1.82, 2.24) is 38.1 Å². The Bertz CT molecular complexity index is 3300. The van der Waals surface area contributed by atoms with Crippen LogP contribution in [0.2, 0.25) is 10.0 Å². The molecule has 2 aliphatic heterocycles. The molecule has 2 saturated heterocycles. The van der Waals surface area contributed by atoms with E-state index in [4.69, 9.17) is 27.9 Å². The molecule has 0 unspecified atom stereocenters. The number of anilines is 2. The van der Waals surface area contributed by atoms with Crippen LogP contribution >= 0.6 is 93.5 Å². The van der Waals surface area contributed by atoms with Gasteiger partial charge in [0, 0.05) is 123 Å². The Labute approximate surface area is 438 Å². The molecule has 24 heteroatoms. The smallest absolute Gasteiger partial charge is 0.369 e. The van der Waals surface area contributed by atoms with Crippen LogP contribution in [-0.4, -0.2) is 118 Å². The van der Waals surface area contributed by atoms with Crippen LogP contribution in [0.1, 0.15) is 0 Å². The molecule has 2 fully saturated rings. The Morgan fingerprint density at radius 2 is 1.10 bits per heavy atom. The van der Waals surface area contributed by atoms with Crippen LogP contribution in [0.3, 0.4) is 0 Å². The number of aryl methyl sites for hydroxylation is 2. The normalized spacial score (nSPS) is 13.9. The molecule has 0 saturated carbocycles. The molecule has 6 heterocycles. The topological polar surface area (TPSA) is 138 Å². The summed E-state index contributed by atoms with van der Waals surface area (Å²) in [6, 6.07) is 10.1. The summed E-state index contributed by atoms with van der Waals surface area (Å²) in [7, 11) is 5.14. The number of carbonyl (C=O) groups excluding carboxylic acids is 2. The largest absolute Gasteiger partial charge is 0.508 e. The fraction of sp³-hybridized carbons (Fsp3) is 0.244. The first-order valence-electron chi connectivity index (χ1n) is 21.0. The lowest BCUT2D eigenvalue weighted by Gasteiger charge is -2.34. The van der Waals surface area contributed by atoms with Crippen molar-refractivity contribution >= 4 is 162 Å². The zero-order valence-electron chi connectivity index (χ0n) is 37.0. The zero-order valence-corrected chi connectivity index (χ0v) is 44.9. The van der Waals surface area contributed by atoms with Crippen molar-refractivity contribution in [3.8, 4) is 33.8 Å². The van der Waals surface area contributed by atoms with Gasteiger partial charge in [0.25, 0.3) is 0 Å². The third kappa shape index (κ3) is 10.3. The van der Waals surface area contributed by atoms with Gasteiger partial charge in [-0.15, -0.1) is 47.3 Å². The van der Waals surface area contributed by atoms with E-state index in [1.807, 2.05) is 19.3 Å². The summed E-state index contributed by atoms with van der Waals surface area (Å²) in [6.45, 7) is 11.8. The van der Waals surface area contributed by atoms with Crippen molar-refractivity contribution < 1.29 is 28.2 Å². The number of carbonyl (C=O) groups is 2. The minimum atomic E-state index is -0.548. The third-order valence-corrected chi connectivity index (χ3v) is 14.0. The van der Waals surface area contributed by atoms with Crippen molar-refractivity contribution in [3.63, 3.8) is 0 Å². The molecular weight excluding hydrogens is 1170 g/mol. The number of phenols is 1. The molecule has 0 radical (unpaired) electrons. The van der Waals surface area contributed by atoms with E-state index in [0.29, 0.717) is 96.4 Å². The SMILES string of the molecule is BrB(Br)Br.C=CC(=O)N1CCN(c2snc3c(F)c(-c4cc(O)cc5cn(C)nc45)c(Cl)cc23)CC1.C=CC(=O)N1CCN(c2snc3c(F)c(-c4cc(OC)cc5cn(C)nc45)c(Cl)cc23)CC1. The average Bonchev–Trinajstić information content (AvgIpc) is 4.13. The molecule has 4 aromatic heterocycles. The highest BCUT2D eigenvalue weighted by molar-refractivity contribution is 9.69. The Hall–Kier alpha value is -4.84. The molecule has 0 spiro atoms. The first-order chi connectivity index (χ1) is 33.0. The molecule has 2 aliphatic rings. The number of halogens is 7. The number of amides is 2. The number of hydrogen-bond donors (Lipinski definition) is 1. The van der Waals surface area contributed by atoms with E-state index < -0.39 is 11.6 Å². The lowest BCUT2D eigenvalue weighted by Crippen LogP contribution is -2.48. The second-order valence-corrected chi connectivity index (χ2v) is 24.5. The zero-order chi connectivity index (χ0) is 49.4. The first kappa shape index (κ1) is 50.5. The highest BCUT2D eigenvalue weighted by Gasteiger charge is 2.29. The highest BCUT2D eigenvalue weighted by atomic mass is 79.9. The van der Waals surface area contributed by atoms with Gasteiger partial charge in [-0.2, -0.15) is 18.9 Å². The van der Waals surface area contributed by atoms with Crippen LogP contribution in [0.15, 0.2) is 74.1 Å². The molecule has 0 atom stereocenters. The first-order valence-corrected chi connectivity index (χ1v) is 26.0. The molecule has 0 bridgehead atoms. The number of fused-ring (bicyclic) bond motifs is 4. The quantitative estimate of drug-likeness (QED) is 0.121. The van der Waals surface area contributed by atoms with E-state index in [-0.39, 0.29) is 53.0 Å². The second-order valence-electron chi connectivity index (χ2n) is 15.8. The van der Waals surface area contributed by atoms with Gasteiger partial charge in [0.15, 0.2) is 11.6 Å². The van der Waals surface area contributed by atoms with Crippen LogP contribution in [0.5, 0.6) is 11.5 Å². The fourth-order valence-electron chi connectivity index (χ4n) is 8.43. The Balaban J connectivity index is 0.000000173. The maximum atomic E-state index is 15.9. The number of rotatable bonds is 7. The summed E-state index contributed by atoms with van der Waals surface area (Å²) in [4.78, 5) is 31.4. The van der Waals surface area contributed by atoms with Crippen molar-refractivity contribution in [2.75, 3.05) is 69.3 Å². The fourth-order valence-corrected chi connectivity index (χ4v) is 10.8. The highest BCUT2D eigenvalue weighted by Crippen LogP contribution is 2.45. The minimum absolute atomic E-state index is 0.00183. The van der Waals surface area contributed by atoms with Gasteiger partial charge in [0.1, 0.15) is 43.6 Å². The molecule has 10 rings (SSSR count). The molecule has 4 aromatic carbocycles. The lowest BCUT2D eigenvalue weighted by molar-refractivity contribution is -0.127. The van der Waals surface area contributed by atoms with Crippen molar-refractivity contribution in [3.05, 3.63) is 95.8 Å². The summed E-state index contributed by atoms with van der Waals surface area (Å²) >= 11 is 25.0. The molecule has 69 heavy (non-hydrogen) atoms. The van der Waals surface area contributed by atoms with Crippen molar-refractivity contribution in [1.29, 1.82) is 0 Å². The Morgan fingerprint density at radius 3 is 1.51 bits per heavy atom. The molecule has 2 amide bonds. The van der Waals surface area contributed by atoms with Gasteiger partial charge in [-0.05, 0) is 71.6 Å². The predicted molar refractivity (Wildman–Crippen MR) is 287 cm³/mol. The number of nitrogens with zero attached hydrogens (tertiary/aromatic N) is 10. The Morgan fingerprint density at radius 1 is 0.696 bits per heavy atom. The number of ether oxygens (including phenoxy) is 1. The number of hydrogen-bond acceptors (Lipinski definition) is 12. The van der Waals surface area contributed by atoms with Crippen LogP contribution < -0.4 is 14.5 Å². The lowest BCUT2D eigenvalue weighted by atomic mass is 10.00. The van der Waals surface area contributed by atoms with Gasteiger partial charge in [-0.3, -0.25) is 19.0 Å². The Kier molecular flexibility index (Phi) is 15.6. The van der Waals surface area contributed by atoms with E-state index in [0.717, 1.165) is 15.4 Å². The molecule has 358 valence electrons. The van der Waals surface area contributed by atoms with E-state index in [9.17, 15) is 14.7 Å². The molecule has 0 aliphatic carbocycles. The maximum Gasteiger partial charge on any atom is 0.369 e. The summed E-state index contributed by atoms with van der Waals surface area (Å²) in [6.07, 6.45) is 6.24. The number of piperazine rings is 2. The molecule has 14 nitrogen and oxygen atoms in total. The number of phenolic OH excluding ortho intramolecular Hbond substituents is 1. The van der Waals surface area contributed by atoms with Gasteiger partial charge >= 0.3 is 3.18 Å². The minimum Gasteiger partial charge on any atom is -0.508 e. The van der Waals surface area contributed by atoms with Gasteiger partial charge in [-0.25, -0.2) is 8.78 Å². The number of methoxy groups -OCH3 is 1. The summed E-state index contributed by atoms with van der Waals surface area (Å²) in [5, 5.41) is 24.0. The summed E-state index contributed by atoms with van der Waals surface area (Å²) < 4.78 is 49.4. The van der Waals surface area contributed by atoms with Gasteiger partial charge < -0.3 is 29.4 Å². The predicted octanol–water partition coefficient (Wildman–Crippen LogP) is 10.8. The van der Waals surface area contributed by atoms with Crippen molar-refractivity contribution in [2.45, 2.75) is 0 Å². The summed E-state index contributed by atoms with van der Waals surface area (Å²) in [5.74, 6) is -0.617. The van der Waals surface area contributed by atoms with Gasteiger partial charge in [0.05, 0.1) is 17.2 Å². The standard InChI is InChI=1S/C23H21ClFN5O2S.C22H19ClFN5O2S.BBr3/c1-4-18(31)29-5-7-30(8-6-29)23-16-11-17(24)19(20(25)22(16)27-33-23)15-10-14(32-3)9-13-12-28(2)26-21(13)15;1-3-17(31)28-4-6-29(7-5-28)22-15-10-16(23)18(19(24)21(15)26-32-22)14-9-13(30)8-12-11-27(2)25-20(12)14;2-1(3)4/h4,9-12H,1,5-8H2,2-3H3;3,8-11,30H,1,4-7H2,2H3;. The van der Waals surface area contributed by atoms with Crippen molar-refractivity contribution in [2.24, 2.45) is 14.1 Å². The molecular formula is C45H40BBr3Cl2F2N10O4S2. The average molecular weight is 1210 g/mol. The van der Waals surface area contributed by atoms with Gasteiger partial charge in [0.2, 0.25) is 11.8 Å². The monoisotopic (exact) mass is 1200 g/mol. The van der Waals surface area contributed by atoms with Gasteiger partial charge in [-0.1, -0.05) is 36.4 Å². The van der Waals surface area contributed by atoms with Crippen LogP contribution in [0.4, 0.5) is 18.8 Å². The third-order valence-electron chi connectivity index (χ3n) is 11.6. The number of benzene rings is 4. The molecule has 8 aromatic rings. The molecule has 1 N–H and O–H groups in total. The van der Waals surface area contributed by atoms with Crippen LogP contribution in [-0.2, 0) is 23.7 Å². The van der Waals surface area contributed by atoms with Crippen LogP contribution in [0.25, 0.3) is 65.9 Å². The number of aromatic hydroxyl groups is 1. The van der Waals surface area contributed by atoms with E-state index in [1.54, 1.807) is 63.8 Å². The van der Waals surface area contributed by atoms with Crippen LogP contribution in [0, 0.1) is 11.6 Å². The maximum absolute atomic E-state index is 15.9. The number of aromatic nitrogens is 6. The summed E-state index contributed by atoms with van der Waals surface area (Å²) in [5.41, 5.74) is 3.06. The van der Waals surface area contributed by atoms with E-state index in [1.165, 1.54) is 41.3 Å². The second kappa shape index (κ2) is 21.3.